The van der Waals surface area contributed by atoms with Crippen LogP contribution in [-0.2, 0) is 11.3 Å². The third-order valence-corrected chi connectivity index (χ3v) is 7.41. The first kappa shape index (κ1) is 19.9. The molecule has 142 valence electrons. The molecule has 2 saturated heterocycles. The minimum atomic E-state index is -0.207. The van der Waals surface area contributed by atoms with Gasteiger partial charge in [-0.2, -0.15) is 22.7 Å². The molecule has 0 aromatic carbocycles. The number of quaternary nitrogens is 1. The van der Waals surface area contributed by atoms with Gasteiger partial charge in [0.15, 0.2) is 0 Å². The lowest BCUT2D eigenvalue weighted by Crippen LogP contribution is -3.00. The van der Waals surface area contributed by atoms with Gasteiger partial charge in [-0.3, -0.25) is 4.90 Å². The number of ether oxygens (including phenoxy) is 1. The van der Waals surface area contributed by atoms with Crippen LogP contribution < -0.4 is 21.9 Å². The SMILES string of the molecule is C[N+]1(C)C2CCC1CC(OC(=O)N(Cc1ccsc1)c1ccsc1)C2.[Br-]. The molecule has 26 heavy (non-hydrogen) atoms. The molecule has 0 spiro atoms. The Bertz CT molecular complexity index is 702. The van der Waals surface area contributed by atoms with Crippen molar-refractivity contribution in [2.75, 3.05) is 19.0 Å². The fourth-order valence-corrected chi connectivity index (χ4v) is 5.67. The number of amides is 1. The lowest BCUT2D eigenvalue weighted by atomic mass is 9.98. The number of hydrogen-bond donors (Lipinski definition) is 0. The highest BCUT2D eigenvalue weighted by molar-refractivity contribution is 7.08. The van der Waals surface area contributed by atoms with Gasteiger partial charge in [-0.15, -0.1) is 0 Å². The van der Waals surface area contributed by atoms with Crippen LogP contribution in [0.2, 0.25) is 0 Å². The molecule has 2 bridgehead atoms. The van der Waals surface area contributed by atoms with Gasteiger partial charge in [0.05, 0.1) is 38.4 Å². The third kappa shape index (κ3) is 3.86. The van der Waals surface area contributed by atoms with E-state index in [4.69, 9.17) is 4.74 Å². The molecule has 2 aromatic heterocycles. The summed E-state index contributed by atoms with van der Waals surface area (Å²) in [5, 5.41) is 8.15. The molecule has 2 aliphatic rings. The molecular formula is C19H25BrN2O2S2. The monoisotopic (exact) mass is 456 g/mol. The summed E-state index contributed by atoms with van der Waals surface area (Å²) in [6, 6.07) is 5.31. The first-order valence-corrected chi connectivity index (χ1v) is 10.8. The Kier molecular flexibility index (Phi) is 6.11. The van der Waals surface area contributed by atoms with Crippen LogP contribution in [0.1, 0.15) is 31.2 Å². The maximum atomic E-state index is 12.9. The van der Waals surface area contributed by atoms with Crippen molar-refractivity contribution in [3.8, 4) is 0 Å². The van der Waals surface area contributed by atoms with Crippen LogP contribution in [0, 0.1) is 0 Å². The van der Waals surface area contributed by atoms with Gasteiger partial charge < -0.3 is 26.2 Å². The van der Waals surface area contributed by atoms with E-state index in [0.29, 0.717) is 18.6 Å². The zero-order chi connectivity index (χ0) is 17.4. The van der Waals surface area contributed by atoms with E-state index in [0.717, 1.165) is 28.6 Å². The largest absolute Gasteiger partial charge is 1.00 e. The Labute approximate surface area is 173 Å². The minimum Gasteiger partial charge on any atom is -1.00 e. The molecule has 2 unspecified atom stereocenters. The fourth-order valence-electron chi connectivity index (χ4n) is 4.37. The average Bonchev–Trinajstić information content (AvgIpc) is 3.28. The van der Waals surface area contributed by atoms with E-state index in [9.17, 15) is 4.79 Å². The van der Waals surface area contributed by atoms with E-state index >= 15 is 0 Å². The van der Waals surface area contributed by atoms with Crippen LogP contribution in [-0.4, -0.2) is 42.9 Å². The summed E-state index contributed by atoms with van der Waals surface area (Å²) in [7, 11) is 4.66. The zero-order valence-electron chi connectivity index (χ0n) is 15.1. The Balaban J connectivity index is 0.00000196. The summed E-state index contributed by atoms with van der Waals surface area (Å²) in [5.41, 5.74) is 2.07. The van der Waals surface area contributed by atoms with Crippen molar-refractivity contribution < 1.29 is 31.0 Å². The van der Waals surface area contributed by atoms with Gasteiger partial charge in [-0.05, 0) is 33.8 Å². The van der Waals surface area contributed by atoms with Crippen molar-refractivity contribution in [3.63, 3.8) is 0 Å². The molecule has 0 N–H and O–H groups in total. The van der Waals surface area contributed by atoms with E-state index in [1.807, 2.05) is 22.2 Å². The molecule has 0 aliphatic carbocycles. The molecule has 4 rings (SSSR count). The van der Waals surface area contributed by atoms with E-state index in [1.165, 1.54) is 12.8 Å². The maximum absolute atomic E-state index is 12.9. The van der Waals surface area contributed by atoms with Crippen LogP contribution in [0.4, 0.5) is 10.5 Å². The number of nitrogens with zero attached hydrogens (tertiary/aromatic N) is 2. The smallest absolute Gasteiger partial charge is 0.414 e. The number of hydrogen-bond acceptors (Lipinski definition) is 4. The summed E-state index contributed by atoms with van der Waals surface area (Å²) < 4.78 is 7.08. The molecule has 2 aromatic rings. The molecule has 0 saturated carbocycles. The fraction of sp³-hybridized carbons (Fsp3) is 0.526. The molecule has 2 atom stereocenters. The maximum Gasteiger partial charge on any atom is 0.414 e. The number of rotatable bonds is 4. The lowest BCUT2D eigenvalue weighted by Gasteiger charge is -2.44. The van der Waals surface area contributed by atoms with Gasteiger partial charge in [0.25, 0.3) is 0 Å². The Morgan fingerprint density at radius 2 is 1.81 bits per heavy atom. The summed E-state index contributed by atoms with van der Waals surface area (Å²) in [4.78, 5) is 14.7. The lowest BCUT2D eigenvalue weighted by molar-refractivity contribution is -0.931. The Morgan fingerprint density at radius 1 is 1.15 bits per heavy atom. The zero-order valence-corrected chi connectivity index (χ0v) is 18.4. The number of thiophene rings is 2. The third-order valence-electron chi connectivity index (χ3n) is 6.01. The topological polar surface area (TPSA) is 29.5 Å². The highest BCUT2D eigenvalue weighted by Crippen LogP contribution is 2.40. The number of carbonyl (C=O) groups is 1. The number of piperidine rings is 1. The van der Waals surface area contributed by atoms with E-state index in [2.05, 4.69) is 25.5 Å². The highest BCUT2D eigenvalue weighted by Gasteiger charge is 2.50. The normalized spacial score (nSPS) is 26.2. The van der Waals surface area contributed by atoms with E-state index < -0.39 is 0 Å². The number of carbonyl (C=O) groups excluding carboxylic acids is 1. The molecular weight excluding hydrogens is 432 g/mol. The first-order chi connectivity index (χ1) is 12.0. The van der Waals surface area contributed by atoms with Crippen molar-refractivity contribution in [1.29, 1.82) is 0 Å². The van der Waals surface area contributed by atoms with Gasteiger partial charge in [-0.25, -0.2) is 4.79 Å². The summed E-state index contributed by atoms with van der Waals surface area (Å²) in [6.45, 7) is 0.570. The predicted molar refractivity (Wildman–Crippen MR) is 103 cm³/mol. The van der Waals surface area contributed by atoms with Gasteiger partial charge >= 0.3 is 6.09 Å². The van der Waals surface area contributed by atoms with E-state index in [-0.39, 0.29) is 29.2 Å². The second kappa shape index (κ2) is 8.00. The average molecular weight is 457 g/mol. The predicted octanol–water partition coefficient (Wildman–Crippen LogP) is 1.73. The molecule has 2 fully saturated rings. The van der Waals surface area contributed by atoms with Gasteiger partial charge in [0.1, 0.15) is 6.10 Å². The molecule has 0 radical (unpaired) electrons. The van der Waals surface area contributed by atoms with Crippen LogP contribution in [0.15, 0.2) is 33.7 Å². The van der Waals surface area contributed by atoms with Gasteiger partial charge in [0, 0.05) is 31.1 Å². The molecule has 2 aliphatic heterocycles. The van der Waals surface area contributed by atoms with Crippen LogP contribution >= 0.6 is 22.7 Å². The van der Waals surface area contributed by atoms with Crippen molar-refractivity contribution >= 4 is 34.5 Å². The Hall–Kier alpha value is -0.890. The molecule has 4 nitrogen and oxygen atoms in total. The number of fused-ring (bicyclic) bond motifs is 2. The van der Waals surface area contributed by atoms with Crippen molar-refractivity contribution in [2.45, 2.75) is 50.4 Å². The summed E-state index contributed by atoms with van der Waals surface area (Å²) in [6.07, 6.45) is 4.35. The minimum absolute atomic E-state index is 0. The second-order valence-electron chi connectivity index (χ2n) is 7.69. The van der Waals surface area contributed by atoms with Crippen LogP contribution in [0.5, 0.6) is 0 Å². The van der Waals surface area contributed by atoms with Gasteiger partial charge in [0.2, 0.25) is 0 Å². The van der Waals surface area contributed by atoms with E-state index in [1.54, 1.807) is 27.6 Å². The molecule has 1 amide bonds. The molecule has 4 heterocycles. The number of anilines is 1. The quantitative estimate of drug-likeness (QED) is 0.655. The molecule has 7 heteroatoms. The van der Waals surface area contributed by atoms with Crippen LogP contribution in [0.25, 0.3) is 0 Å². The van der Waals surface area contributed by atoms with Gasteiger partial charge in [-0.1, -0.05) is 0 Å². The summed E-state index contributed by atoms with van der Waals surface area (Å²) in [5.74, 6) is 0. The van der Waals surface area contributed by atoms with Crippen molar-refractivity contribution in [1.82, 2.24) is 0 Å². The summed E-state index contributed by atoms with van der Waals surface area (Å²) >= 11 is 3.26. The Morgan fingerprint density at radius 3 is 2.38 bits per heavy atom. The van der Waals surface area contributed by atoms with Crippen molar-refractivity contribution in [3.05, 3.63) is 39.2 Å². The van der Waals surface area contributed by atoms with Crippen molar-refractivity contribution in [2.24, 2.45) is 0 Å². The highest BCUT2D eigenvalue weighted by atomic mass is 79.9. The van der Waals surface area contributed by atoms with Crippen LogP contribution in [0.3, 0.4) is 0 Å². The first-order valence-electron chi connectivity index (χ1n) is 8.89. The second-order valence-corrected chi connectivity index (χ2v) is 9.25. The standard InChI is InChI=1S/C19H25N2O2S2.BrH/c1-21(2)16-3-4-17(21)10-18(9-16)23-19(22)20(15-6-8-25-13-15)11-14-5-7-24-12-14;/h5-8,12-13,16-18H,3-4,9-11H2,1-2H3;1H/q+1;/p-1. The number of halogens is 1.